The van der Waals surface area contributed by atoms with E-state index in [0.717, 1.165) is 30.8 Å². The quantitative estimate of drug-likeness (QED) is 0.841. The Morgan fingerprint density at radius 1 is 1.48 bits per heavy atom. The van der Waals surface area contributed by atoms with Gasteiger partial charge in [-0.3, -0.25) is 9.80 Å². The van der Waals surface area contributed by atoms with Crippen LogP contribution in [0.3, 0.4) is 0 Å². The summed E-state index contributed by atoms with van der Waals surface area (Å²) >= 11 is 0. The molecule has 128 valence electrons. The second-order valence-corrected chi connectivity index (χ2v) is 7.19. The van der Waals surface area contributed by atoms with E-state index in [4.69, 9.17) is 4.74 Å². The molecule has 1 amide bonds. The molecule has 23 heavy (non-hydrogen) atoms. The van der Waals surface area contributed by atoms with E-state index in [-0.39, 0.29) is 6.09 Å². The molecule has 0 bridgehead atoms. The molecule has 2 heterocycles. The van der Waals surface area contributed by atoms with Gasteiger partial charge in [-0.2, -0.15) is 0 Å². The van der Waals surface area contributed by atoms with Crippen LogP contribution in [0, 0.1) is 0 Å². The molecule has 0 spiro atoms. The fourth-order valence-electron chi connectivity index (χ4n) is 3.02. The van der Waals surface area contributed by atoms with Crippen LogP contribution in [0.4, 0.5) is 10.6 Å². The first-order valence-electron chi connectivity index (χ1n) is 8.49. The fourth-order valence-corrected chi connectivity index (χ4v) is 3.02. The standard InChI is InChI=1S/C18H29N3O2/c1-6-12-21(17(22)23-18(2,3)4)16-14(9-7-11-19-16)15-10-8-13-20(15)5/h7,9,11,15H,6,8,10,12-13H2,1-5H3/t15-/m1/s1. The minimum atomic E-state index is -0.512. The van der Waals surface area contributed by atoms with Crippen molar-refractivity contribution in [3.8, 4) is 0 Å². The number of rotatable bonds is 4. The van der Waals surface area contributed by atoms with Crippen LogP contribution < -0.4 is 4.90 Å². The number of amides is 1. The van der Waals surface area contributed by atoms with E-state index in [1.165, 1.54) is 6.42 Å². The maximum absolute atomic E-state index is 12.6. The molecule has 5 heteroatoms. The molecular formula is C18H29N3O2. The summed E-state index contributed by atoms with van der Waals surface area (Å²) in [5.41, 5.74) is 0.606. The summed E-state index contributed by atoms with van der Waals surface area (Å²) in [7, 11) is 2.13. The molecule has 2 rings (SSSR count). The van der Waals surface area contributed by atoms with Crippen molar-refractivity contribution >= 4 is 11.9 Å². The molecular weight excluding hydrogens is 290 g/mol. The highest BCUT2D eigenvalue weighted by atomic mass is 16.6. The van der Waals surface area contributed by atoms with Gasteiger partial charge < -0.3 is 4.74 Å². The third-order valence-corrected chi connectivity index (χ3v) is 4.01. The summed E-state index contributed by atoms with van der Waals surface area (Å²) in [6.07, 6.45) is 4.57. The first kappa shape index (κ1) is 17.7. The van der Waals surface area contributed by atoms with Crippen molar-refractivity contribution < 1.29 is 9.53 Å². The zero-order chi connectivity index (χ0) is 17.0. The number of hydrogen-bond donors (Lipinski definition) is 0. The van der Waals surface area contributed by atoms with E-state index in [1.807, 2.05) is 26.8 Å². The Bertz CT molecular complexity index is 539. The molecule has 1 aromatic rings. The Morgan fingerprint density at radius 3 is 2.78 bits per heavy atom. The maximum Gasteiger partial charge on any atom is 0.416 e. The van der Waals surface area contributed by atoms with Gasteiger partial charge in [0.05, 0.1) is 0 Å². The summed E-state index contributed by atoms with van der Waals surface area (Å²) in [4.78, 5) is 21.2. The van der Waals surface area contributed by atoms with Crippen LogP contribution in [0.1, 0.15) is 58.6 Å². The molecule has 5 nitrogen and oxygen atoms in total. The second-order valence-electron chi connectivity index (χ2n) is 7.19. The number of ether oxygens (including phenoxy) is 1. The lowest BCUT2D eigenvalue weighted by atomic mass is 10.1. The second kappa shape index (κ2) is 7.30. The topological polar surface area (TPSA) is 45.7 Å². The SMILES string of the molecule is CCCN(C(=O)OC(C)(C)C)c1ncccc1[C@H]1CCCN1C. The number of likely N-dealkylation sites (tertiary alicyclic amines) is 1. The molecule has 1 saturated heterocycles. The van der Waals surface area contributed by atoms with E-state index >= 15 is 0 Å². The Hall–Kier alpha value is -1.62. The number of nitrogens with zero attached hydrogens (tertiary/aromatic N) is 3. The van der Waals surface area contributed by atoms with Gasteiger partial charge in [0.2, 0.25) is 0 Å². The van der Waals surface area contributed by atoms with Gasteiger partial charge in [0, 0.05) is 24.3 Å². The van der Waals surface area contributed by atoms with Crippen LogP contribution >= 0.6 is 0 Å². The van der Waals surface area contributed by atoms with E-state index in [1.54, 1.807) is 11.1 Å². The summed E-state index contributed by atoms with van der Waals surface area (Å²) < 4.78 is 5.58. The smallest absolute Gasteiger partial charge is 0.416 e. The lowest BCUT2D eigenvalue weighted by Crippen LogP contribution is -2.38. The highest BCUT2D eigenvalue weighted by Crippen LogP contribution is 2.35. The largest absolute Gasteiger partial charge is 0.443 e. The lowest BCUT2D eigenvalue weighted by molar-refractivity contribution is 0.0578. The van der Waals surface area contributed by atoms with Crippen molar-refractivity contribution in [1.82, 2.24) is 9.88 Å². The average molecular weight is 319 g/mol. The number of carbonyl (C=O) groups excluding carboxylic acids is 1. The van der Waals surface area contributed by atoms with Gasteiger partial charge in [-0.1, -0.05) is 13.0 Å². The van der Waals surface area contributed by atoms with Gasteiger partial charge in [0.1, 0.15) is 11.4 Å². The molecule has 1 aliphatic heterocycles. The Kier molecular flexibility index (Phi) is 5.63. The molecule has 1 atom stereocenters. The number of hydrogen-bond acceptors (Lipinski definition) is 4. The van der Waals surface area contributed by atoms with E-state index in [9.17, 15) is 4.79 Å². The molecule has 0 saturated carbocycles. The number of anilines is 1. The molecule has 0 radical (unpaired) electrons. The predicted octanol–water partition coefficient (Wildman–Crippen LogP) is 4.00. The number of aromatic nitrogens is 1. The number of carbonyl (C=O) groups is 1. The van der Waals surface area contributed by atoms with E-state index in [2.05, 4.69) is 29.9 Å². The molecule has 1 aromatic heterocycles. The van der Waals surface area contributed by atoms with E-state index < -0.39 is 5.60 Å². The third-order valence-electron chi connectivity index (χ3n) is 4.01. The Morgan fingerprint density at radius 2 is 2.22 bits per heavy atom. The summed E-state index contributed by atoms with van der Waals surface area (Å²) in [5, 5.41) is 0. The van der Waals surface area contributed by atoms with Gasteiger partial charge in [0.25, 0.3) is 0 Å². The van der Waals surface area contributed by atoms with Crippen molar-refractivity contribution in [1.29, 1.82) is 0 Å². The van der Waals surface area contributed by atoms with E-state index in [0.29, 0.717) is 12.6 Å². The first-order chi connectivity index (χ1) is 10.8. The lowest BCUT2D eigenvalue weighted by Gasteiger charge is -2.30. The molecule has 0 N–H and O–H groups in total. The van der Waals surface area contributed by atoms with Gasteiger partial charge >= 0.3 is 6.09 Å². The predicted molar refractivity (Wildman–Crippen MR) is 92.7 cm³/mol. The minimum absolute atomic E-state index is 0.319. The van der Waals surface area contributed by atoms with Gasteiger partial charge in [0.15, 0.2) is 0 Å². The highest BCUT2D eigenvalue weighted by molar-refractivity contribution is 5.87. The summed E-state index contributed by atoms with van der Waals surface area (Å²) in [5.74, 6) is 0.738. The highest BCUT2D eigenvalue weighted by Gasteiger charge is 2.30. The van der Waals surface area contributed by atoms with Crippen LogP contribution in [0.2, 0.25) is 0 Å². The Labute approximate surface area is 139 Å². The molecule has 1 fully saturated rings. The first-order valence-corrected chi connectivity index (χ1v) is 8.49. The normalized spacial score (nSPS) is 18.9. The van der Waals surface area contributed by atoms with Crippen molar-refractivity contribution in [2.24, 2.45) is 0 Å². The molecule has 1 aliphatic rings. The van der Waals surface area contributed by atoms with Crippen molar-refractivity contribution in [2.45, 2.75) is 58.6 Å². The van der Waals surface area contributed by atoms with Crippen LogP contribution in [-0.4, -0.2) is 41.7 Å². The zero-order valence-corrected chi connectivity index (χ0v) is 15.0. The van der Waals surface area contributed by atoms with Crippen molar-refractivity contribution in [2.75, 3.05) is 25.0 Å². The van der Waals surface area contributed by atoms with Gasteiger partial charge in [-0.15, -0.1) is 0 Å². The molecule has 0 aliphatic carbocycles. The van der Waals surface area contributed by atoms with Crippen LogP contribution in [0.5, 0.6) is 0 Å². The maximum atomic E-state index is 12.6. The fraction of sp³-hybridized carbons (Fsp3) is 0.667. The zero-order valence-electron chi connectivity index (χ0n) is 15.0. The van der Waals surface area contributed by atoms with Crippen molar-refractivity contribution in [3.05, 3.63) is 23.9 Å². The van der Waals surface area contributed by atoms with Crippen LogP contribution in [-0.2, 0) is 4.74 Å². The average Bonchev–Trinajstić information content (AvgIpc) is 2.89. The van der Waals surface area contributed by atoms with Crippen molar-refractivity contribution in [3.63, 3.8) is 0 Å². The van der Waals surface area contributed by atoms with Gasteiger partial charge in [-0.05, 0) is 59.7 Å². The summed E-state index contributed by atoms with van der Waals surface area (Å²) in [6.45, 7) is 9.41. The summed E-state index contributed by atoms with van der Waals surface area (Å²) in [6, 6.07) is 4.35. The van der Waals surface area contributed by atoms with Crippen LogP contribution in [0.15, 0.2) is 18.3 Å². The third kappa shape index (κ3) is 4.44. The molecule has 0 unspecified atom stereocenters. The number of pyridine rings is 1. The monoisotopic (exact) mass is 319 g/mol. The Balaban J connectivity index is 2.34. The minimum Gasteiger partial charge on any atom is -0.443 e. The van der Waals surface area contributed by atoms with Gasteiger partial charge in [-0.25, -0.2) is 9.78 Å². The van der Waals surface area contributed by atoms with Crippen LogP contribution in [0.25, 0.3) is 0 Å². The molecule has 0 aromatic carbocycles.